The number of hydrogen-bond donors (Lipinski definition) is 2. The van der Waals surface area contributed by atoms with Gasteiger partial charge in [-0.3, -0.25) is 0 Å². The van der Waals surface area contributed by atoms with Gasteiger partial charge < -0.3 is 10.4 Å². The summed E-state index contributed by atoms with van der Waals surface area (Å²) in [6.07, 6.45) is 1.01. The van der Waals surface area contributed by atoms with Crippen LogP contribution in [0, 0.1) is 11.6 Å². The van der Waals surface area contributed by atoms with Gasteiger partial charge in [0, 0.05) is 11.4 Å². The smallest absolute Gasteiger partial charge is 0.138 e. The lowest BCUT2D eigenvalue weighted by molar-refractivity contribution is 0.181. The van der Waals surface area contributed by atoms with E-state index in [0.29, 0.717) is 5.82 Å². The predicted octanol–water partition coefficient (Wildman–Crippen LogP) is 3.68. The largest absolute Gasteiger partial charge is 0.386 e. The topological polar surface area (TPSA) is 58.0 Å². The quantitative estimate of drug-likeness (QED) is 0.747. The predicted molar refractivity (Wildman–Crippen MR) is 86.6 cm³/mol. The molecular formula is C16H15F2N3OS. The average Bonchev–Trinajstić information content (AvgIpc) is 2.96. The minimum Gasteiger partial charge on any atom is -0.386 e. The average molecular weight is 335 g/mol. The second kappa shape index (κ2) is 6.55. The van der Waals surface area contributed by atoms with Crippen molar-refractivity contribution in [2.24, 2.45) is 0 Å². The second-order valence-corrected chi connectivity index (χ2v) is 6.15. The number of halogens is 2. The van der Waals surface area contributed by atoms with Crippen molar-refractivity contribution in [1.29, 1.82) is 0 Å². The van der Waals surface area contributed by atoms with Crippen LogP contribution in [0.5, 0.6) is 0 Å². The van der Waals surface area contributed by atoms with Gasteiger partial charge >= 0.3 is 0 Å². The van der Waals surface area contributed by atoms with E-state index in [4.69, 9.17) is 0 Å². The van der Waals surface area contributed by atoms with E-state index in [1.807, 2.05) is 6.07 Å². The van der Waals surface area contributed by atoms with Crippen LogP contribution in [0.15, 0.2) is 30.6 Å². The molecule has 0 aliphatic heterocycles. The molecule has 23 heavy (non-hydrogen) atoms. The van der Waals surface area contributed by atoms with E-state index in [9.17, 15) is 13.9 Å². The molecule has 0 saturated heterocycles. The van der Waals surface area contributed by atoms with Crippen LogP contribution in [0.1, 0.15) is 23.5 Å². The molecule has 7 heteroatoms. The van der Waals surface area contributed by atoms with E-state index in [-0.39, 0.29) is 12.1 Å². The van der Waals surface area contributed by atoms with Gasteiger partial charge in [-0.1, -0.05) is 13.0 Å². The van der Waals surface area contributed by atoms with Crippen LogP contribution < -0.4 is 5.32 Å². The first kappa shape index (κ1) is 15.8. The molecule has 0 fully saturated rings. The second-order valence-electron chi connectivity index (χ2n) is 5.04. The number of aromatic nitrogens is 2. The molecule has 0 aliphatic carbocycles. The lowest BCUT2D eigenvalue weighted by Crippen LogP contribution is -2.15. The van der Waals surface area contributed by atoms with Gasteiger partial charge in [0.25, 0.3) is 0 Å². The Hall–Kier alpha value is -2.12. The van der Waals surface area contributed by atoms with Crippen molar-refractivity contribution >= 4 is 27.4 Å². The van der Waals surface area contributed by atoms with Gasteiger partial charge in [-0.25, -0.2) is 18.7 Å². The first-order valence-corrected chi connectivity index (χ1v) is 8.01. The number of aryl methyl sites for hydroxylation is 1. The van der Waals surface area contributed by atoms with Crippen molar-refractivity contribution in [3.05, 3.63) is 52.7 Å². The molecule has 0 amide bonds. The third kappa shape index (κ3) is 3.16. The van der Waals surface area contributed by atoms with Crippen molar-refractivity contribution in [1.82, 2.24) is 9.97 Å². The molecule has 4 nitrogen and oxygen atoms in total. The maximum Gasteiger partial charge on any atom is 0.138 e. The van der Waals surface area contributed by atoms with Crippen LogP contribution in [-0.2, 0) is 6.42 Å². The summed E-state index contributed by atoms with van der Waals surface area (Å²) >= 11 is 1.57. The Morgan fingerprint density at radius 3 is 2.70 bits per heavy atom. The number of benzene rings is 1. The van der Waals surface area contributed by atoms with Gasteiger partial charge in [-0.15, -0.1) is 11.3 Å². The Morgan fingerprint density at radius 1 is 1.26 bits per heavy atom. The third-order valence-corrected chi connectivity index (χ3v) is 4.71. The van der Waals surface area contributed by atoms with Crippen molar-refractivity contribution in [3.63, 3.8) is 0 Å². The summed E-state index contributed by atoms with van der Waals surface area (Å²) in [6.45, 7) is 2.00. The molecular weight excluding hydrogens is 320 g/mol. The minimum absolute atomic E-state index is 0.0543. The Bertz CT molecular complexity index is 817. The van der Waals surface area contributed by atoms with Crippen LogP contribution >= 0.6 is 11.3 Å². The number of thiophene rings is 1. The molecule has 0 saturated carbocycles. The summed E-state index contributed by atoms with van der Waals surface area (Å²) in [4.78, 5) is 10.4. The molecule has 0 aliphatic rings. The Morgan fingerprint density at radius 2 is 2.00 bits per heavy atom. The van der Waals surface area contributed by atoms with Crippen molar-refractivity contribution < 1.29 is 13.9 Å². The Kier molecular flexibility index (Phi) is 4.49. The highest BCUT2D eigenvalue weighted by Crippen LogP contribution is 2.29. The van der Waals surface area contributed by atoms with Gasteiger partial charge in [0.05, 0.1) is 10.9 Å². The number of rotatable bonds is 5. The van der Waals surface area contributed by atoms with Crippen LogP contribution in [0.2, 0.25) is 0 Å². The summed E-state index contributed by atoms with van der Waals surface area (Å²) in [5.41, 5.74) is -0.343. The maximum atomic E-state index is 13.7. The molecule has 2 N–H and O–H groups in total. The highest BCUT2D eigenvalue weighted by atomic mass is 32.1. The number of aliphatic hydroxyl groups excluding tert-OH is 1. The molecule has 1 atom stereocenters. The first-order valence-electron chi connectivity index (χ1n) is 7.19. The number of anilines is 1. The van der Waals surface area contributed by atoms with E-state index in [2.05, 4.69) is 22.2 Å². The standard InChI is InChI=1S/C16H15F2N3OS/c1-2-9-6-10-15(20-8-21-16(10)23-9)19-7-13(22)14-11(17)4-3-5-12(14)18/h3-6,8,13,22H,2,7H2,1H3,(H,19,20,21). The summed E-state index contributed by atoms with van der Waals surface area (Å²) < 4.78 is 27.4. The fraction of sp³-hybridized carbons (Fsp3) is 0.250. The van der Waals surface area contributed by atoms with Crippen LogP contribution in [0.25, 0.3) is 10.2 Å². The molecule has 3 aromatic rings. The molecule has 0 bridgehead atoms. The van der Waals surface area contributed by atoms with E-state index < -0.39 is 17.7 Å². The fourth-order valence-electron chi connectivity index (χ4n) is 2.35. The number of fused-ring (bicyclic) bond motifs is 1. The van der Waals surface area contributed by atoms with E-state index in [1.54, 1.807) is 11.3 Å². The van der Waals surface area contributed by atoms with Crippen LogP contribution in [0.3, 0.4) is 0 Å². The van der Waals surface area contributed by atoms with Crippen molar-refractivity contribution in [2.75, 3.05) is 11.9 Å². The molecule has 3 rings (SSSR count). The molecule has 1 unspecified atom stereocenters. The zero-order valence-electron chi connectivity index (χ0n) is 12.4. The van der Waals surface area contributed by atoms with Gasteiger partial charge in [0.15, 0.2) is 0 Å². The Balaban J connectivity index is 1.82. The van der Waals surface area contributed by atoms with Crippen molar-refractivity contribution in [2.45, 2.75) is 19.4 Å². The van der Waals surface area contributed by atoms with Crippen LogP contribution in [-0.4, -0.2) is 21.6 Å². The number of nitrogens with zero attached hydrogens (tertiary/aromatic N) is 2. The minimum atomic E-state index is -1.31. The SMILES string of the molecule is CCc1cc2c(NCC(O)c3c(F)cccc3F)ncnc2s1. The third-order valence-electron chi connectivity index (χ3n) is 3.52. The zero-order valence-corrected chi connectivity index (χ0v) is 13.2. The van der Waals surface area contributed by atoms with Crippen molar-refractivity contribution in [3.8, 4) is 0 Å². The highest BCUT2D eigenvalue weighted by Gasteiger charge is 2.18. The summed E-state index contributed by atoms with van der Waals surface area (Å²) in [6, 6.07) is 5.49. The van der Waals surface area contributed by atoms with E-state index in [1.165, 1.54) is 17.3 Å². The number of hydrogen-bond acceptors (Lipinski definition) is 5. The zero-order chi connectivity index (χ0) is 16.4. The van der Waals surface area contributed by atoms with E-state index >= 15 is 0 Å². The maximum absolute atomic E-state index is 13.7. The summed E-state index contributed by atoms with van der Waals surface area (Å²) in [7, 11) is 0. The summed E-state index contributed by atoms with van der Waals surface area (Å²) in [5.74, 6) is -0.992. The molecule has 0 spiro atoms. The summed E-state index contributed by atoms with van der Waals surface area (Å²) in [5, 5.41) is 13.9. The monoisotopic (exact) mass is 335 g/mol. The van der Waals surface area contributed by atoms with Gasteiger partial charge in [0.1, 0.15) is 34.7 Å². The molecule has 0 radical (unpaired) electrons. The lowest BCUT2D eigenvalue weighted by Gasteiger charge is -2.14. The first-order chi connectivity index (χ1) is 11.1. The Labute approximate surface area is 135 Å². The number of nitrogens with one attached hydrogen (secondary N) is 1. The molecule has 1 aromatic carbocycles. The van der Waals surface area contributed by atoms with Crippen LogP contribution in [0.4, 0.5) is 14.6 Å². The van der Waals surface area contributed by atoms with E-state index in [0.717, 1.165) is 28.8 Å². The normalized spacial score (nSPS) is 12.5. The molecule has 120 valence electrons. The number of aliphatic hydroxyl groups is 1. The van der Waals surface area contributed by atoms with Gasteiger partial charge in [-0.2, -0.15) is 0 Å². The van der Waals surface area contributed by atoms with Gasteiger partial charge in [-0.05, 0) is 24.6 Å². The van der Waals surface area contributed by atoms with Gasteiger partial charge in [0.2, 0.25) is 0 Å². The fourth-order valence-corrected chi connectivity index (χ4v) is 3.28. The highest BCUT2D eigenvalue weighted by molar-refractivity contribution is 7.18. The molecule has 2 aromatic heterocycles. The lowest BCUT2D eigenvalue weighted by atomic mass is 10.1. The molecule has 2 heterocycles.